The zero-order valence-electron chi connectivity index (χ0n) is 7.93. The van der Waals surface area contributed by atoms with Crippen molar-refractivity contribution < 1.29 is 0 Å². The van der Waals surface area contributed by atoms with Gasteiger partial charge >= 0.3 is 0 Å². The number of alkyl halides is 1. The predicted octanol–water partition coefficient (Wildman–Crippen LogP) is 3.37. The predicted molar refractivity (Wildman–Crippen MR) is 64.1 cm³/mol. The van der Waals surface area contributed by atoms with E-state index in [1.807, 2.05) is 42.7 Å². The van der Waals surface area contributed by atoms with Gasteiger partial charge in [-0.05, 0) is 24.3 Å². The number of hydrogen-bond acceptors (Lipinski definition) is 1. The van der Waals surface area contributed by atoms with Gasteiger partial charge in [-0.15, -0.1) is 24.0 Å². The molecule has 2 aromatic heterocycles. The summed E-state index contributed by atoms with van der Waals surface area (Å²) in [7, 11) is 0. The highest BCUT2D eigenvalue weighted by Crippen LogP contribution is 1.73. The van der Waals surface area contributed by atoms with Crippen LogP contribution in [0.3, 0.4) is 0 Å². The average Bonchev–Trinajstić information content (AvgIpc) is 2.82. The number of rotatable bonds is 0. The first-order chi connectivity index (χ1) is 6.50. The maximum Gasteiger partial charge on any atom is 0.0267 e. The van der Waals surface area contributed by atoms with Crippen molar-refractivity contribution in [2.75, 3.05) is 6.38 Å². The second kappa shape index (κ2) is 14.5. The number of hydrogen-bond donors (Lipinski definition) is 1. The third kappa shape index (κ3) is 11.0. The topological polar surface area (TPSA) is 28.7 Å². The van der Waals surface area contributed by atoms with Gasteiger partial charge in [0, 0.05) is 31.2 Å². The van der Waals surface area contributed by atoms with Crippen LogP contribution in [0.5, 0.6) is 0 Å². The van der Waals surface area contributed by atoms with E-state index in [0.29, 0.717) is 0 Å². The second-order valence-corrected chi connectivity index (χ2v) is 1.91. The van der Waals surface area contributed by atoms with E-state index in [-0.39, 0.29) is 12.4 Å². The van der Waals surface area contributed by atoms with E-state index in [4.69, 9.17) is 0 Å². The van der Waals surface area contributed by atoms with Crippen LogP contribution in [0.4, 0.5) is 0 Å². The fraction of sp³-hybridized carbons (Fsp3) is 0.100. The fourth-order valence-electron chi connectivity index (χ4n) is 0.590. The first-order valence-electron chi connectivity index (χ1n) is 3.81. The molecule has 78 valence electrons. The summed E-state index contributed by atoms with van der Waals surface area (Å²) in [5.74, 6) is 0. The number of pyridine rings is 1. The molecule has 2 aromatic rings. The molecule has 2 heterocycles. The molecule has 2 rings (SSSR count). The van der Waals surface area contributed by atoms with Gasteiger partial charge in [-0.2, -0.15) is 0 Å². The Morgan fingerprint density at radius 1 is 0.857 bits per heavy atom. The molecule has 14 heavy (non-hydrogen) atoms. The van der Waals surface area contributed by atoms with Crippen molar-refractivity contribution in [2.45, 2.75) is 0 Å². The Kier molecular flexibility index (Phi) is 16.1. The summed E-state index contributed by atoms with van der Waals surface area (Å²) in [6.45, 7) is 0. The highest BCUT2D eigenvalue weighted by atomic mass is 35.5. The fourth-order valence-corrected chi connectivity index (χ4v) is 0.590. The van der Waals surface area contributed by atoms with Gasteiger partial charge < -0.3 is 4.98 Å². The lowest BCUT2D eigenvalue weighted by atomic mass is 10.5. The molecule has 1 N–H and O–H groups in total. The molecule has 0 saturated carbocycles. The number of aromatic amines is 1. The van der Waals surface area contributed by atoms with Crippen LogP contribution in [-0.4, -0.2) is 16.4 Å². The molecule has 0 saturated heterocycles. The number of nitrogens with zero attached hydrogens (tertiary/aromatic N) is 1. The quantitative estimate of drug-likeness (QED) is 0.694. The first-order valence-corrected chi connectivity index (χ1v) is 4.56. The van der Waals surface area contributed by atoms with Crippen LogP contribution < -0.4 is 0 Å². The van der Waals surface area contributed by atoms with E-state index in [2.05, 4.69) is 21.6 Å². The van der Waals surface area contributed by atoms with Gasteiger partial charge in [0.2, 0.25) is 0 Å². The molecule has 0 bridgehead atoms. The summed E-state index contributed by atoms with van der Waals surface area (Å²) in [6.07, 6.45) is 8.72. The third-order valence-corrected chi connectivity index (χ3v) is 1.06. The molecule has 0 atom stereocenters. The van der Waals surface area contributed by atoms with E-state index in [1.54, 1.807) is 12.4 Å². The Morgan fingerprint density at radius 3 is 1.50 bits per heavy atom. The summed E-state index contributed by atoms with van der Waals surface area (Å²) in [5.41, 5.74) is 0. The zero-order valence-corrected chi connectivity index (χ0v) is 9.50. The lowest BCUT2D eigenvalue weighted by Crippen LogP contribution is -1.58. The number of halogens is 2. The van der Waals surface area contributed by atoms with Crippen LogP contribution >= 0.6 is 24.0 Å². The van der Waals surface area contributed by atoms with Crippen LogP contribution in [0, 0.1) is 0 Å². The molecule has 0 aliphatic rings. The molecule has 0 spiro atoms. The molecule has 0 unspecified atom stereocenters. The summed E-state index contributed by atoms with van der Waals surface area (Å²) >= 11 is 4.64. The molecule has 0 radical (unpaired) electrons. The second-order valence-electron chi connectivity index (χ2n) is 1.91. The van der Waals surface area contributed by atoms with Crippen LogP contribution in [0.1, 0.15) is 0 Å². The minimum Gasteiger partial charge on any atom is -0.368 e. The number of aromatic nitrogens is 2. The molecule has 0 fully saturated rings. The monoisotopic (exact) mass is 232 g/mol. The normalized spacial score (nSPS) is 6.71. The smallest absolute Gasteiger partial charge is 0.0267 e. The van der Waals surface area contributed by atoms with E-state index in [0.717, 1.165) is 0 Å². The summed E-state index contributed by atoms with van der Waals surface area (Å²) in [5, 5.41) is 0. The van der Waals surface area contributed by atoms with Gasteiger partial charge in [0.1, 0.15) is 0 Å². The lowest BCUT2D eigenvalue weighted by molar-refractivity contribution is 1.33. The molecule has 0 aliphatic heterocycles. The van der Waals surface area contributed by atoms with Crippen molar-refractivity contribution in [1.29, 1.82) is 0 Å². The third-order valence-electron chi connectivity index (χ3n) is 1.06. The Labute approximate surface area is 95.8 Å². The SMILES string of the molecule is CCl.Cl.c1cc[nH]c1.c1ccncc1. The highest BCUT2D eigenvalue weighted by molar-refractivity contribution is 6.15. The summed E-state index contributed by atoms with van der Waals surface area (Å²) in [4.78, 5) is 6.65. The molecular weight excluding hydrogens is 219 g/mol. The Balaban J connectivity index is 0. The standard InChI is InChI=1S/C5H5N.C4H5N.CH3Cl.ClH/c1-2-4-6-5-3-1;1-2-4-5-3-1;1-2;/h1-5H;1-5H;1H3;1H. The largest absolute Gasteiger partial charge is 0.368 e. The molecule has 0 aliphatic carbocycles. The minimum atomic E-state index is 0. The van der Waals surface area contributed by atoms with Crippen molar-refractivity contribution in [3.05, 3.63) is 55.1 Å². The van der Waals surface area contributed by atoms with Crippen molar-refractivity contribution in [1.82, 2.24) is 9.97 Å². The van der Waals surface area contributed by atoms with Crippen LogP contribution in [0.15, 0.2) is 55.1 Å². The maximum absolute atomic E-state index is 4.64. The average molecular weight is 233 g/mol. The number of nitrogens with one attached hydrogen (secondary N) is 1. The van der Waals surface area contributed by atoms with Gasteiger partial charge in [0.15, 0.2) is 0 Å². The van der Waals surface area contributed by atoms with Crippen LogP contribution in [-0.2, 0) is 0 Å². The lowest BCUT2D eigenvalue weighted by Gasteiger charge is -1.70. The van der Waals surface area contributed by atoms with Gasteiger partial charge in [-0.3, -0.25) is 4.98 Å². The van der Waals surface area contributed by atoms with Gasteiger partial charge in [-0.1, -0.05) is 6.07 Å². The van der Waals surface area contributed by atoms with E-state index in [9.17, 15) is 0 Å². The van der Waals surface area contributed by atoms with Gasteiger partial charge in [0.05, 0.1) is 0 Å². The van der Waals surface area contributed by atoms with Crippen LogP contribution in [0.2, 0.25) is 0 Å². The molecular formula is C10H14Cl2N2. The minimum absolute atomic E-state index is 0. The van der Waals surface area contributed by atoms with Gasteiger partial charge in [-0.25, -0.2) is 0 Å². The van der Waals surface area contributed by atoms with Crippen molar-refractivity contribution in [3.8, 4) is 0 Å². The number of H-pyrrole nitrogens is 1. The Hall–Kier alpha value is -0.990. The van der Waals surface area contributed by atoms with E-state index >= 15 is 0 Å². The maximum atomic E-state index is 4.64. The summed E-state index contributed by atoms with van der Waals surface area (Å²) in [6, 6.07) is 9.60. The van der Waals surface area contributed by atoms with Crippen LogP contribution in [0.25, 0.3) is 0 Å². The molecule has 0 aromatic carbocycles. The Morgan fingerprint density at radius 2 is 1.36 bits per heavy atom. The van der Waals surface area contributed by atoms with Crippen molar-refractivity contribution >= 4 is 24.0 Å². The van der Waals surface area contributed by atoms with E-state index < -0.39 is 0 Å². The zero-order chi connectivity index (χ0) is 9.78. The first kappa shape index (κ1) is 15.5. The van der Waals surface area contributed by atoms with Crippen molar-refractivity contribution in [3.63, 3.8) is 0 Å². The molecule has 0 amide bonds. The van der Waals surface area contributed by atoms with Crippen molar-refractivity contribution in [2.24, 2.45) is 0 Å². The molecule has 4 heteroatoms. The molecule has 2 nitrogen and oxygen atoms in total. The highest BCUT2D eigenvalue weighted by Gasteiger charge is 1.58. The Bertz CT molecular complexity index is 202. The van der Waals surface area contributed by atoms with Gasteiger partial charge in [0.25, 0.3) is 0 Å². The summed E-state index contributed by atoms with van der Waals surface area (Å²) < 4.78 is 0. The van der Waals surface area contributed by atoms with E-state index in [1.165, 1.54) is 6.38 Å².